The summed E-state index contributed by atoms with van der Waals surface area (Å²) in [5.41, 5.74) is 9.50. The molecule has 1 aromatic carbocycles. The first-order chi connectivity index (χ1) is 7.99. The fourth-order valence-corrected chi connectivity index (χ4v) is 1.74. The zero-order valence-corrected chi connectivity index (χ0v) is 10.6. The average molecular weight is 231 g/mol. The van der Waals surface area contributed by atoms with Gasteiger partial charge in [0.1, 0.15) is 5.69 Å². The number of rotatable bonds is 2. The Kier molecular flexibility index (Phi) is 2.79. The van der Waals surface area contributed by atoms with E-state index < -0.39 is 0 Å². The molecular weight excluding hydrogens is 214 g/mol. The molecule has 2 N–H and O–H groups in total. The molecule has 90 valence electrons. The zero-order chi connectivity index (χ0) is 12.6. The summed E-state index contributed by atoms with van der Waals surface area (Å²) in [5.74, 6) is 1.47. The number of nitrogen functional groups attached to an aromatic ring is 1. The van der Waals surface area contributed by atoms with Crippen LogP contribution in [0.2, 0.25) is 0 Å². The van der Waals surface area contributed by atoms with Crippen molar-refractivity contribution in [2.75, 3.05) is 5.73 Å². The molecule has 0 amide bonds. The molecule has 0 radical (unpaired) electrons. The van der Waals surface area contributed by atoms with Crippen molar-refractivity contribution in [3.05, 3.63) is 35.2 Å². The number of aromatic nitrogens is 2. The number of anilines is 1. The maximum absolute atomic E-state index is 5.89. The smallest absolute Gasteiger partial charge is 0.171 e. The van der Waals surface area contributed by atoms with E-state index in [4.69, 9.17) is 10.5 Å². The monoisotopic (exact) mass is 231 g/mol. The lowest BCUT2D eigenvalue weighted by atomic mass is 10.2. The molecule has 0 aliphatic carbocycles. The second-order valence-corrected chi connectivity index (χ2v) is 4.27. The molecule has 4 heteroatoms. The first kappa shape index (κ1) is 11.5. The van der Waals surface area contributed by atoms with Gasteiger partial charge in [-0.15, -0.1) is 0 Å². The van der Waals surface area contributed by atoms with Crippen LogP contribution >= 0.6 is 0 Å². The van der Waals surface area contributed by atoms with Crippen molar-refractivity contribution in [3.63, 3.8) is 0 Å². The van der Waals surface area contributed by atoms with E-state index in [2.05, 4.69) is 5.10 Å². The zero-order valence-electron chi connectivity index (χ0n) is 10.6. The highest BCUT2D eigenvalue weighted by atomic mass is 16.5. The van der Waals surface area contributed by atoms with Crippen LogP contribution in [0.15, 0.2) is 18.2 Å². The molecule has 2 aromatic rings. The number of hydrogen-bond acceptors (Lipinski definition) is 3. The van der Waals surface area contributed by atoms with Gasteiger partial charge >= 0.3 is 0 Å². The van der Waals surface area contributed by atoms with Crippen LogP contribution in [0.1, 0.15) is 17.0 Å². The normalized spacial score (nSPS) is 10.6. The highest BCUT2D eigenvalue weighted by Gasteiger charge is 2.13. The molecule has 1 heterocycles. The molecule has 1 aromatic heterocycles. The predicted molar refractivity (Wildman–Crippen MR) is 68.3 cm³/mol. The molecule has 0 bridgehead atoms. The number of benzene rings is 1. The number of aryl methyl sites for hydroxylation is 3. The van der Waals surface area contributed by atoms with Crippen molar-refractivity contribution in [1.29, 1.82) is 0 Å². The summed E-state index contributed by atoms with van der Waals surface area (Å²) in [6.07, 6.45) is 0. The number of hydrogen-bond donors (Lipinski definition) is 1. The second-order valence-electron chi connectivity index (χ2n) is 4.27. The third kappa shape index (κ3) is 2.11. The van der Waals surface area contributed by atoms with Gasteiger partial charge in [-0.25, -0.2) is 0 Å². The van der Waals surface area contributed by atoms with Crippen LogP contribution in [0.4, 0.5) is 5.69 Å². The highest BCUT2D eigenvalue weighted by Crippen LogP contribution is 2.32. The van der Waals surface area contributed by atoms with Crippen LogP contribution in [-0.2, 0) is 7.05 Å². The summed E-state index contributed by atoms with van der Waals surface area (Å²) in [4.78, 5) is 0. The average Bonchev–Trinajstić information content (AvgIpc) is 2.50. The number of nitrogens with zero attached hydrogens (tertiary/aromatic N) is 2. The molecule has 0 saturated carbocycles. The van der Waals surface area contributed by atoms with E-state index in [-0.39, 0.29) is 0 Å². The van der Waals surface area contributed by atoms with Gasteiger partial charge in [-0.3, -0.25) is 4.68 Å². The van der Waals surface area contributed by atoms with E-state index in [9.17, 15) is 0 Å². The molecule has 0 aliphatic heterocycles. The minimum atomic E-state index is 0.637. The third-order valence-corrected chi connectivity index (χ3v) is 2.82. The minimum absolute atomic E-state index is 0.637. The van der Waals surface area contributed by atoms with E-state index in [1.165, 1.54) is 0 Å². The van der Waals surface area contributed by atoms with Crippen molar-refractivity contribution < 1.29 is 4.74 Å². The second kappa shape index (κ2) is 4.13. The maximum atomic E-state index is 5.89. The van der Waals surface area contributed by atoms with E-state index in [1.807, 2.05) is 46.0 Å². The van der Waals surface area contributed by atoms with Crippen molar-refractivity contribution >= 4 is 5.69 Å². The Bertz CT molecular complexity index is 558. The van der Waals surface area contributed by atoms with E-state index in [1.54, 1.807) is 4.68 Å². The molecule has 2 rings (SSSR count). The fraction of sp³-hybridized carbons (Fsp3) is 0.308. The first-order valence-corrected chi connectivity index (χ1v) is 5.53. The molecule has 4 nitrogen and oxygen atoms in total. The van der Waals surface area contributed by atoms with Gasteiger partial charge in [-0.05, 0) is 38.5 Å². The van der Waals surface area contributed by atoms with Gasteiger partial charge in [0, 0.05) is 7.05 Å². The topological polar surface area (TPSA) is 53.1 Å². The number of ether oxygens (including phenoxy) is 1. The van der Waals surface area contributed by atoms with E-state index in [0.29, 0.717) is 11.4 Å². The molecule has 17 heavy (non-hydrogen) atoms. The quantitative estimate of drug-likeness (QED) is 0.808. The van der Waals surface area contributed by atoms with Gasteiger partial charge in [0.25, 0.3) is 0 Å². The summed E-state index contributed by atoms with van der Waals surface area (Å²) >= 11 is 0. The lowest BCUT2D eigenvalue weighted by Gasteiger charge is -2.09. The van der Waals surface area contributed by atoms with Gasteiger partial charge in [0.05, 0.1) is 11.4 Å². The van der Waals surface area contributed by atoms with Crippen LogP contribution < -0.4 is 10.5 Å². The summed E-state index contributed by atoms with van der Waals surface area (Å²) in [5, 5.41) is 4.31. The van der Waals surface area contributed by atoms with Gasteiger partial charge < -0.3 is 10.5 Å². The van der Waals surface area contributed by atoms with Crippen LogP contribution in [0.3, 0.4) is 0 Å². The van der Waals surface area contributed by atoms with Gasteiger partial charge in [0.15, 0.2) is 11.5 Å². The first-order valence-electron chi connectivity index (χ1n) is 5.53. The molecular formula is C13H17N3O. The maximum Gasteiger partial charge on any atom is 0.171 e. The molecule has 0 aliphatic rings. The summed E-state index contributed by atoms with van der Waals surface area (Å²) in [6.45, 7) is 5.91. The van der Waals surface area contributed by atoms with Crippen LogP contribution in [0, 0.1) is 20.8 Å². The molecule has 0 atom stereocenters. The fourth-order valence-electron chi connectivity index (χ4n) is 1.74. The van der Waals surface area contributed by atoms with Crippen LogP contribution in [0.5, 0.6) is 11.5 Å². The highest BCUT2D eigenvalue weighted by molar-refractivity contribution is 5.55. The predicted octanol–water partition coefficient (Wildman–Crippen LogP) is 2.72. The Labute approximate surface area is 101 Å². The Hall–Kier alpha value is -1.97. The van der Waals surface area contributed by atoms with Crippen LogP contribution in [-0.4, -0.2) is 9.78 Å². The van der Waals surface area contributed by atoms with Crippen LogP contribution in [0.25, 0.3) is 0 Å². The van der Waals surface area contributed by atoms with E-state index >= 15 is 0 Å². The molecule has 0 fully saturated rings. The Morgan fingerprint density at radius 1 is 1.24 bits per heavy atom. The van der Waals surface area contributed by atoms with Gasteiger partial charge in [-0.2, -0.15) is 5.10 Å². The van der Waals surface area contributed by atoms with Crippen molar-refractivity contribution in [1.82, 2.24) is 9.78 Å². The Morgan fingerprint density at radius 2 is 1.94 bits per heavy atom. The molecule has 0 spiro atoms. The summed E-state index contributed by atoms with van der Waals surface area (Å²) < 4.78 is 7.67. The Balaban J connectivity index is 2.41. The van der Waals surface area contributed by atoms with E-state index in [0.717, 1.165) is 22.7 Å². The van der Waals surface area contributed by atoms with Crippen molar-refractivity contribution in [2.45, 2.75) is 20.8 Å². The van der Waals surface area contributed by atoms with Crippen molar-refractivity contribution in [2.24, 2.45) is 7.05 Å². The summed E-state index contributed by atoms with van der Waals surface area (Å²) in [6, 6.07) is 5.75. The lowest BCUT2D eigenvalue weighted by molar-refractivity contribution is 0.476. The third-order valence-electron chi connectivity index (χ3n) is 2.82. The minimum Gasteiger partial charge on any atom is -0.451 e. The SMILES string of the molecule is Cc1ccc(N)c(Oc2c(C)nn(C)c2C)c1. The Morgan fingerprint density at radius 3 is 2.53 bits per heavy atom. The summed E-state index contributed by atoms with van der Waals surface area (Å²) in [7, 11) is 1.90. The van der Waals surface area contributed by atoms with Gasteiger partial charge in [-0.1, -0.05) is 6.07 Å². The van der Waals surface area contributed by atoms with Gasteiger partial charge in [0.2, 0.25) is 0 Å². The molecule has 0 unspecified atom stereocenters. The molecule has 0 saturated heterocycles. The standard InChI is InChI=1S/C13H17N3O/c1-8-5-6-11(14)12(7-8)17-13-9(2)15-16(4)10(13)3/h5-7H,14H2,1-4H3. The van der Waals surface area contributed by atoms with Crippen molar-refractivity contribution in [3.8, 4) is 11.5 Å². The number of nitrogens with two attached hydrogens (primary N) is 1. The largest absolute Gasteiger partial charge is 0.451 e. The lowest BCUT2D eigenvalue weighted by Crippen LogP contribution is -1.95.